The fraction of sp³-hybridized carbons (Fsp3) is 0.750. The molecule has 0 aromatic heterocycles. The molecule has 1 fully saturated rings. The molecule has 1 aliphatic carbocycles. The monoisotopic (exact) mass is 296 g/mol. The van der Waals surface area contributed by atoms with Crippen molar-refractivity contribution in [2.45, 2.75) is 45.6 Å². The van der Waals surface area contributed by atoms with Crippen molar-refractivity contribution < 1.29 is 14.3 Å². The predicted octanol–water partition coefficient (Wildman–Crippen LogP) is 1.73. The van der Waals surface area contributed by atoms with Gasteiger partial charge in [0.1, 0.15) is 0 Å². The first-order valence-electron chi connectivity index (χ1n) is 7.83. The van der Waals surface area contributed by atoms with Gasteiger partial charge in [-0.2, -0.15) is 0 Å². The van der Waals surface area contributed by atoms with E-state index in [1.807, 2.05) is 0 Å². The second kappa shape index (κ2) is 9.55. The van der Waals surface area contributed by atoms with Crippen LogP contribution < -0.4 is 5.32 Å². The summed E-state index contributed by atoms with van der Waals surface area (Å²) in [5.41, 5.74) is 0. The molecule has 21 heavy (non-hydrogen) atoms. The summed E-state index contributed by atoms with van der Waals surface area (Å²) in [6, 6.07) is 0.280. The number of carbonyl (C=O) groups is 2. The van der Waals surface area contributed by atoms with Crippen molar-refractivity contribution in [2.24, 2.45) is 5.92 Å². The number of rotatable bonds is 8. The average molecular weight is 296 g/mol. The van der Waals surface area contributed by atoms with Gasteiger partial charge in [0.05, 0.1) is 19.7 Å². The van der Waals surface area contributed by atoms with E-state index in [9.17, 15) is 9.59 Å². The van der Waals surface area contributed by atoms with Crippen molar-refractivity contribution in [1.29, 1.82) is 0 Å². The third kappa shape index (κ3) is 7.27. The highest BCUT2D eigenvalue weighted by Crippen LogP contribution is 2.23. The maximum Gasteiger partial charge on any atom is 0.320 e. The van der Waals surface area contributed by atoms with Crippen LogP contribution in [0.25, 0.3) is 0 Å². The van der Waals surface area contributed by atoms with Gasteiger partial charge in [0.25, 0.3) is 0 Å². The van der Waals surface area contributed by atoms with Gasteiger partial charge in [-0.15, -0.1) is 6.58 Å². The lowest BCUT2D eigenvalue weighted by molar-refractivity contribution is -0.144. The molecule has 0 aromatic rings. The van der Waals surface area contributed by atoms with Crippen LogP contribution in [-0.2, 0) is 14.3 Å². The molecule has 5 nitrogen and oxygen atoms in total. The van der Waals surface area contributed by atoms with E-state index in [1.165, 1.54) is 12.8 Å². The van der Waals surface area contributed by atoms with E-state index in [4.69, 9.17) is 4.74 Å². The van der Waals surface area contributed by atoms with Crippen molar-refractivity contribution in [3.05, 3.63) is 12.7 Å². The number of carbonyl (C=O) groups excluding carboxylic acids is 2. The van der Waals surface area contributed by atoms with E-state index >= 15 is 0 Å². The Morgan fingerprint density at radius 1 is 1.29 bits per heavy atom. The molecule has 1 aliphatic rings. The Labute approximate surface area is 127 Å². The van der Waals surface area contributed by atoms with E-state index in [0.717, 1.165) is 18.8 Å². The van der Waals surface area contributed by atoms with Crippen molar-refractivity contribution >= 4 is 11.9 Å². The van der Waals surface area contributed by atoms with E-state index in [2.05, 4.69) is 18.8 Å². The van der Waals surface area contributed by atoms with Gasteiger partial charge in [-0.1, -0.05) is 13.0 Å². The predicted molar refractivity (Wildman–Crippen MR) is 82.8 cm³/mol. The van der Waals surface area contributed by atoms with Crippen LogP contribution in [0.2, 0.25) is 0 Å². The summed E-state index contributed by atoms with van der Waals surface area (Å²) < 4.78 is 4.92. The largest absolute Gasteiger partial charge is 0.465 e. The lowest BCUT2D eigenvalue weighted by atomic mass is 9.87. The van der Waals surface area contributed by atoms with Gasteiger partial charge in [0, 0.05) is 12.6 Å². The van der Waals surface area contributed by atoms with Crippen LogP contribution >= 0.6 is 0 Å². The van der Waals surface area contributed by atoms with Crippen LogP contribution in [-0.4, -0.2) is 49.1 Å². The summed E-state index contributed by atoms with van der Waals surface area (Å²) in [5, 5.41) is 3.07. The zero-order valence-corrected chi connectivity index (χ0v) is 13.3. The summed E-state index contributed by atoms with van der Waals surface area (Å²) in [5.74, 6) is 0.429. The minimum atomic E-state index is -0.307. The lowest BCUT2D eigenvalue weighted by Crippen LogP contribution is -2.44. The van der Waals surface area contributed by atoms with Crippen LogP contribution in [0.5, 0.6) is 0 Å². The number of nitrogens with one attached hydrogen (secondary N) is 1. The van der Waals surface area contributed by atoms with Crippen LogP contribution in [0.1, 0.15) is 39.5 Å². The Hall–Kier alpha value is -1.36. The quantitative estimate of drug-likeness (QED) is 0.547. The first-order valence-corrected chi connectivity index (χ1v) is 7.83. The smallest absolute Gasteiger partial charge is 0.320 e. The van der Waals surface area contributed by atoms with Crippen molar-refractivity contribution in [1.82, 2.24) is 10.2 Å². The minimum Gasteiger partial charge on any atom is -0.465 e. The number of amides is 1. The second-order valence-electron chi connectivity index (χ2n) is 5.79. The number of hydrogen-bond donors (Lipinski definition) is 1. The van der Waals surface area contributed by atoms with Crippen molar-refractivity contribution in [3.63, 3.8) is 0 Å². The Balaban J connectivity index is 2.37. The highest BCUT2D eigenvalue weighted by atomic mass is 16.5. The van der Waals surface area contributed by atoms with E-state index in [-0.39, 0.29) is 31.0 Å². The van der Waals surface area contributed by atoms with Crippen LogP contribution in [0.3, 0.4) is 0 Å². The van der Waals surface area contributed by atoms with Gasteiger partial charge >= 0.3 is 5.97 Å². The zero-order chi connectivity index (χ0) is 15.7. The first kappa shape index (κ1) is 17.7. The third-order valence-electron chi connectivity index (χ3n) is 3.79. The summed E-state index contributed by atoms with van der Waals surface area (Å²) in [6.07, 6.45) is 6.13. The molecule has 120 valence electrons. The van der Waals surface area contributed by atoms with Crippen LogP contribution in [0.15, 0.2) is 12.7 Å². The third-order valence-corrected chi connectivity index (χ3v) is 3.79. The fourth-order valence-electron chi connectivity index (χ4n) is 2.64. The summed E-state index contributed by atoms with van der Waals surface area (Å²) >= 11 is 0. The molecule has 0 unspecified atom stereocenters. The van der Waals surface area contributed by atoms with E-state index < -0.39 is 0 Å². The van der Waals surface area contributed by atoms with Crippen LogP contribution in [0.4, 0.5) is 0 Å². The number of esters is 1. The van der Waals surface area contributed by atoms with Gasteiger partial charge in [-0.25, -0.2) is 0 Å². The minimum absolute atomic E-state index is 0.0271. The maximum absolute atomic E-state index is 12.1. The number of hydrogen-bond acceptors (Lipinski definition) is 4. The summed E-state index contributed by atoms with van der Waals surface area (Å²) in [7, 11) is 0. The molecular weight excluding hydrogens is 268 g/mol. The normalized spacial score (nSPS) is 21.9. The highest BCUT2D eigenvalue weighted by molar-refractivity contribution is 5.79. The molecule has 0 bridgehead atoms. The Kier molecular flexibility index (Phi) is 8.05. The number of ether oxygens (including phenoxy) is 1. The number of nitrogens with zero attached hydrogens (tertiary/aromatic N) is 1. The van der Waals surface area contributed by atoms with Crippen molar-refractivity contribution in [2.75, 3.05) is 26.2 Å². The Morgan fingerprint density at radius 2 is 1.95 bits per heavy atom. The van der Waals surface area contributed by atoms with Gasteiger partial charge in [0.2, 0.25) is 5.91 Å². The fourth-order valence-corrected chi connectivity index (χ4v) is 2.64. The molecule has 0 aliphatic heterocycles. The van der Waals surface area contributed by atoms with Crippen LogP contribution in [0, 0.1) is 5.92 Å². The molecule has 0 saturated heterocycles. The van der Waals surface area contributed by atoms with Gasteiger partial charge in [0.15, 0.2) is 0 Å². The second-order valence-corrected chi connectivity index (χ2v) is 5.79. The van der Waals surface area contributed by atoms with E-state index in [1.54, 1.807) is 17.9 Å². The van der Waals surface area contributed by atoms with Gasteiger partial charge in [-0.05, 0) is 38.5 Å². The van der Waals surface area contributed by atoms with Crippen molar-refractivity contribution in [3.8, 4) is 0 Å². The molecule has 0 spiro atoms. The molecule has 5 heteroatoms. The molecule has 1 N–H and O–H groups in total. The van der Waals surface area contributed by atoms with E-state index in [0.29, 0.717) is 13.2 Å². The SMILES string of the molecule is C=CCN(CC(=O)NC1CCC(C)CC1)CC(=O)OCC. The molecule has 0 heterocycles. The lowest BCUT2D eigenvalue weighted by Gasteiger charge is -2.28. The Bertz CT molecular complexity index is 349. The molecule has 0 atom stereocenters. The summed E-state index contributed by atoms with van der Waals surface area (Å²) in [4.78, 5) is 25.3. The topological polar surface area (TPSA) is 58.6 Å². The van der Waals surface area contributed by atoms with Gasteiger partial charge in [-0.3, -0.25) is 14.5 Å². The Morgan fingerprint density at radius 3 is 2.52 bits per heavy atom. The standard InChI is InChI=1S/C16H28N2O3/c1-4-10-18(12-16(20)21-5-2)11-15(19)17-14-8-6-13(3)7-9-14/h4,13-14H,1,5-12H2,2-3H3,(H,17,19). The van der Waals surface area contributed by atoms with Gasteiger partial charge < -0.3 is 10.1 Å². The zero-order valence-electron chi connectivity index (χ0n) is 13.3. The summed E-state index contributed by atoms with van der Waals surface area (Å²) in [6.45, 7) is 8.86. The molecule has 1 amide bonds. The molecule has 0 aromatic carbocycles. The molecule has 0 radical (unpaired) electrons. The first-order chi connectivity index (χ1) is 10.0. The maximum atomic E-state index is 12.1. The molecule has 1 saturated carbocycles. The highest BCUT2D eigenvalue weighted by Gasteiger charge is 2.21. The average Bonchev–Trinajstić information content (AvgIpc) is 2.41. The molecular formula is C16H28N2O3. The molecule has 1 rings (SSSR count).